The average Bonchev–Trinajstić information content (AvgIpc) is 2.66. The number of halogens is 3. The van der Waals surface area contributed by atoms with Gasteiger partial charge in [0.05, 0.1) is 5.56 Å². The summed E-state index contributed by atoms with van der Waals surface area (Å²) >= 11 is 1.68. The van der Waals surface area contributed by atoms with Crippen LogP contribution in [0.5, 0.6) is 0 Å². The van der Waals surface area contributed by atoms with Crippen molar-refractivity contribution in [2.24, 2.45) is 0 Å². The van der Waals surface area contributed by atoms with Crippen LogP contribution in [0, 0.1) is 0 Å². The van der Waals surface area contributed by atoms with E-state index in [-0.39, 0.29) is 0 Å². The molecule has 1 amide bonds. The van der Waals surface area contributed by atoms with E-state index in [2.05, 4.69) is 0 Å². The van der Waals surface area contributed by atoms with E-state index in [0.29, 0.717) is 25.4 Å². The predicted molar refractivity (Wildman–Crippen MR) is 69.9 cm³/mol. The summed E-state index contributed by atoms with van der Waals surface area (Å²) in [7, 11) is 0. The van der Waals surface area contributed by atoms with Crippen LogP contribution < -0.4 is 5.56 Å². The lowest BCUT2D eigenvalue weighted by Crippen LogP contribution is -2.36. The highest BCUT2D eigenvalue weighted by Crippen LogP contribution is 2.28. The third-order valence-electron chi connectivity index (χ3n) is 2.97. The Morgan fingerprint density at radius 2 is 2.05 bits per heavy atom. The third kappa shape index (κ3) is 3.36. The number of pyridine rings is 1. The zero-order valence-corrected chi connectivity index (χ0v) is 11.3. The Kier molecular flexibility index (Phi) is 4.42. The number of thioether (sulfide) groups is 1. The molecule has 1 N–H and O–H groups in total. The van der Waals surface area contributed by atoms with Crippen molar-refractivity contribution in [3.05, 3.63) is 33.7 Å². The molecule has 2 heterocycles. The van der Waals surface area contributed by atoms with Gasteiger partial charge in [0.2, 0.25) is 0 Å². The van der Waals surface area contributed by atoms with Gasteiger partial charge in [0, 0.05) is 25.0 Å². The second kappa shape index (κ2) is 5.90. The van der Waals surface area contributed by atoms with Crippen LogP contribution in [0.3, 0.4) is 0 Å². The topological polar surface area (TPSA) is 53.2 Å². The molecule has 1 saturated heterocycles. The maximum Gasteiger partial charge on any atom is 0.417 e. The maximum atomic E-state index is 12.6. The second-order valence-corrected chi connectivity index (χ2v) is 5.61. The quantitative estimate of drug-likeness (QED) is 0.863. The molecule has 110 valence electrons. The Morgan fingerprint density at radius 1 is 1.30 bits per heavy atom. The van der Waals surface area contributed by atoms with Crippen molar-refractivity contribution in [2.75, 3.05) is 24.6 Å². The molecule has 0 saturated carbocycles. The van der Waals surface area contributed by atoms with E-state index in [1.54, 1.807) is 11.8 Å². The molecular formula is C12H13F3N2O2S. The number of aromatic nitrogens is 1. The molecule has 0 unspecified atom stereocenters. The van der Waals surface area contributed by atoms with Crippen LogP contribution in [-0.2, 0) is 6.18 Å². The number of hydrogen-bond donors (Lipinski definition) is 1. The zero-order chi connectivity index (χ0) is 14.8. The van der Waals surface area contributed by atoms with Gasteiger partial charge in [0.15, 0.2) is 0 Å². The van der Waals surface area contributed by atoms with Crippen LogP contribution in [0.4, 0.5) is 13.2 Å². The SMILES string of the molecule is O=C(c1cc(C(F)(F)F)c[nH]c1=O)N1CCCSCC1. The van der Waals surface area contributed by atoms with Gasteiger partial charge < -0.3 is 9.88 Å². The summed E-state index contributed by atoms with van der Waals surface area (Å²) in [6, 6.07) is 0.624. The van der Waals surface area contributed by atoms with Crippen LogP contribution >= 0.6 is 11.8 Å². The van der Waals surface area contributed by atoms with Crippen molar-refractivity contribution in [3.8, 4) is 0 Å². The largest absolute Gasteiger partial charge is 0.417 e. The number of nitrogens with one attached hydrogen (secondary N) is 1. The Hall–Kier alpha value is -1.44. The van der Waals surface area contributed by atoms with Crippen molar-refractivity contribution in [2.45, 2.75) is 12.6 Å². The van der Waals surface area contributed by atoms with E-state index >= 15 is 0 Å². The molecule has 1 aliphatic heterocycles. The summed E-state index contributed by atoms with van der Waals surface area (Å²) in [6.07, 6.45) is -3.24. The Bertz CT molecular complexity index is 548. The zero-order valence-electron chi connectivity index (χ0n) is 10.5. The van der Waals surface area contributed by atoms with E-state index in [0.717, 1.165) is 17.9 Å². The molecular weight excluding hydrogens is 293 g/mol. The van der Waals surface area contributed by atoms with Crippen molar-refractivity contribution < 1.29 is 18.0 Å². The molecule has 1 aromatic rings. The first-order chi connectivity index (χ1) is 9.39. The minimum atomic E-state index is -4.59. The van der Waals surface area contributed by atoms with Gasteiger partial charge in [0.25, 0.3) is 11.5 Å². The van der Waals surface area contributed by atoms with Gasteiger partial charge in [-0.3, -0.25) is 9.59 Å². The van der Waals surface area contributed by atoms with E-state index < -0.39 is 28.8 Å². The number of hydrogen-bond acceptors (Lipinski definition) is 3. The van der Waals surface area contributed by atoms with Gasteiger partial charge in [-0.1, -0.05) is 0 Å². The highest BCUT2D eigenvalue weighted by Gasteiger charge is 2.32. The van der Waals surface area contributed by atoms with E-state index in [1.165, 1.54) is 4.90 Å². The van der Waals surface area contributed by atoms with E-state index in [1.807, 2.05) is 4.98 Å². The molecule has 1 aromatic heterocycles. The van der Waals surface area contributed by atoms with Crippen LogP contribution in [0.1, 0.15) is 22.3 Å². The number of nitrogens with zero attached hydrogens (tertiary/aromatic N) is 1. The first-order valence-corrected chi connectivity index (χ1v) is 7.22. The molecule has 0 aliphatic carbocycles. The van der Waals surface area contributed by atoms with Crippen molar-refractivity contribution in [1.29, 1.82) is 0 Å². The lowest BCUT2D eigenvalue weighted by molar-refractivity contribution is -0.137. The molecule has 20 heavy (non-hydrogen) atoms. The summed E-state index contributed by atoms with van der Waals surface area (Å²) < 4.78 is 37.9. The minimum absolute atomic E-state index is 0.444. The lowest BCUT2D eigenvalue weighted by atomic mass is 10.1. The number of alkyl halides is 3. The number of carbonyl (C=O) groups excluding carboxylic acids is 1. The van der Waals surface area contributed by atoms with Gasteiger partial charge >= 0.3 is 6.18 Å². The molecule has 8 heteroatoms. The lowest BCUT2D eigenvalue weighted by Gasteiger charge is -2.19. The third-order valence-corrected chi connectivity index (χ3v) is 4.02. The molecule has 2 rings (SSSR count). The van der Waals surface area contributed by atoms with Crippen LogP contribution in [0.15, 0.2) is 17.1 Å². The first kappa shape index (κ1) is 15.0. The van der Waals surface area contributed by atoms with Gasteiger partial charge in [-0.2, -0.15) is 24.9 Å². The predicted octanol–water partition coefficient (Wildman–Crippen LogP) is 1.97. The number of rotatable bonds is 1. The first-order valence-electron chi connectivity index (χ1n) is 6.06. The molecule has 0 atom stereocenters. The van der Waals surface area contributed by atoms with Crippen LogP contribution in [-0.4, -0.2) is 40.4 Å². The molecule has 1 aliphatic rings. The van der Waals surface area contributed by atoms with E-state index in [4.69, 9.17) is 0 Å². The Morgan fingerprint density at radius 3 is 2.75 bits per heavy atom. The fraction of sp³-hybridized carbons (Fsp3) is 0.500. The van der Waals surface area contributed by atoms with Gasteiger partial charge in [-0.05, 0) is 18.2 Å². The molecule has 0 bridgehead atoms. The summed E-state index contributed by atoms with van der Waals surface area (Å²) in [5.74, 6) is 0.991. The molecule has 0 aromatic carbocycles. The number of H-pyrrole nitrogens is 1. The van der Waals surface area contributed by atoms with Gasteiger partial charge in [0.1, 0.15) is 5.56 Å². The van der Waals surface area contributed by atoms with Gasteiger partial charge in [-0.25, -0.2) is 0 Å². The van der Waals surface area contributed by atoms with Crippen molar-refractivity contribution in [1.82, 2.24) is 9.88 Å². The van der Waals surface area contributed by atoms with Crippen LogP contribution in [0.25, 0.3) is 0 Å². The monoisotopic (exact) mass is 306 g/mol. The van der Waals surface area contributed by atoms with E-state index in [9.17, 15) is 22.8 Å². The normalized spacial score (nSPS) is 16.9. The summed E-state index contributed by atoms with van der Waals surface area (Å²) in [5, 5.41) is 0. The van der Waals surface area contributed by atoms with Crippen molar-refractivity contribution in [3.63, 3.8) is 0 Å². The Labute approximate surface area is 117 Å². The standard InChI is InChI=1S/C12H13F3N2O2S/c13-12(14,15)8-6-9(10(18)16-7-8)11(19)17-2-1-4-20-5-3-17/h6-7H,1-5H2,(H,16,18). The van der Waals surface area contributed by atoms with Gasteiger partial charge in [-0.15, -0.1) is 0 Å². The molecule has 1 fully saturated rings. The maximum absolute atomic E-state index is 12.6. The molecule has 4 nitrogen and oxygen atoms in total. The number of amides is 1. The summed E-state index contributed by atoms with van der Waals surface area (Å²) in [5.41, 5.74) is -2.27. The van der Waals surface area contributed by atoms with Crippen molar-refractivity contribution >= 4 is 17.7 Å². The fourth-order valence-electron chi connectivity index (χ4n) is 1.93. The summed E-state index contributed by atoms with van der Waals surface area (Å²) in [4.78, 5) is 27.2. The highest BCUT2D eigenvalue weighted by molar-refractivity contribution is 7.99. The second-order valence-electron chi connectivity index (χ2n) is 4.39. The minimum Gasteiger partial charge on any atom is -0.338 e. The number of carbonyl (C=O) groups is 1. The molecule has 0 radical (unpaired) electrons. The molecule has 0 spiro atoms. The van der Waals surface area contributed by atoms with Crippen LogP contribution in [0.2, 0.25) is 0 Å². The fourth-order valence-corrected chi connectivity index (χ4v) is 2.81. The summed E-state index contributed by atoms with van der Waals surface area (Å²) in [6.45, 7) is 0.903. The highest BCUT2D eigenvalue weighted by atomic mass is 32.2. The smallest absolute Gasteiger partial charge is 0.338 e. The Balaban J connectivity index is 2.31. The average molecular weight is 306 g/mol. The number of aromatic amines is 1.